The highest BCUT2D eigenvalue weighted by molar-refractivity contribution is 5.74. The molecule has 0 saturated carbocycles. The third-order valence-corrected chi connectivity index (χ3v) is 3.55. The number of anilines is 2. The van der Waals surface area contributed by atoms with E-state index >= 15 is 0 Å². The van der Waals surface area contributed by atoms with Crippen LogP contribution in [0.1, 0.15) is 19.8 Å². The number of nitrogens with two attached hydrogens (primary N) is 2. The predicted octanol–water partition coefficient (Wildman–Crippen LogP) is 0.516. The Morgan fingerprint density at radius 1 is 1.28 bits per heavy atom. The summed E-state index contributed by atoms with van der Waals surface area (Å²) in [6.07, 6.45) is 3.37. The zero-order chi connectivity index (χ0) is 12.8. The minimum absolute atomic E-state index is 0.127. The number of nitrogen functional groups attached to an aromatic ring is 2. The monoisotopic (exact) mass is 248 g/mol. The first-order valence-corrected chi connectivity index (χ1v) is 5.95. The number of rotatable bonds is 1. The quantitative estimate of drug-likeness (QED) is 0.762. The number of imidazole rings is 1. The SMILES string of the molecule is CC1(n2c(N)nc3cnc(N)nc32)CCOCC1. The first-order valence-electron chi connectivity index (χ1n) is 5.95. The standard InChI is InChI=1S/C11H16N6O/c1-11(2-4-18-5-3-11)17-8-7(15-10(17)13)6-14-9(12)16-8/h6H,2-5H2,1H3,(H2,13,15)(H2,12,14,16). The number of ether oxygens (including phenoxy) is 1. The van der Waals surface area contributed by atoms with Crippen LogP contribution in [0.25, 0.3) is 11.2 Å². The van der Waals surface area contributed by atoms with Crippen molar-refractivity contribution < 1.29 is 4.74 Å². The summed E-state index contributed by atoms with van der Waals surface area (Å²) in [7, 11) is 0. The van der Waals surface area contributed by atoms with Crippen molar-refractivity contribution in [2.75, 3.05) is 24.7 Å². The molecule has 0 spiro atoms. The van der Waals surface area contributed by atoms with Gasteiger partial charge < -0.3 is 16.2 Å². The molecule has 0 radical (unpaired) electrons. The van der Waals surface area contributed by atoms with E-state index in [1.807, 2.05) is 4.57 Å². The van der Waals surface area contributed by atoms with E-state index in [4.69, 9.17) is 16.2 Å². The van der Waals surface area contributed by atoms with E-state index in [9.17, 15) is 0 Å². The van der Waals surface area contributed by atoms with Crippen molar-refractivity contribution in [1.29, 1.82) is 0 Å². The molecule has 1 aliphatic heterocycles. The van der Waals surface area contributed by atoms with Gasteiger partial charge in [-0.3, -0.25) is 4.57 Å². The highest BCUT2D eigenvalue weighted by atomic mass is 16.5. The van der Waals surface area contributed by atoms with E-state index in [0.29, 0.717) is 17.1 Å². The summed E-state index contributed by atoms with van der Waals surface area (Å²) in [5.74, 6) is 0.689. The Bertz CT molecular complexity index is 586. The molecule has 0 atom stereocenters. The molecule has 1 aliphatic rings. The molecule has 3 rings (SSSR count). The van der Waals surface area contributed by atoms with Crippen molar-refractivity contribution in [2.24, 2.45) is 0 Å². The Morgan fingerprint density at radius 2 is 2.00 bits per heavy atom. The molecule has 96 valence electrons. The molecule has 1 saturated heterocycles. The van der Waals surface area contributed by atoms with Crippen LogP contribution >= 0.6 is 0 Å². The molecule has 0 aromatic carbocycles. The van der Waals surface area contributed by atoms with Crippen molar-refractivity contribution >= 4 is 23.1 Å². The van der Waals surface area contributed by atoms with Crippen LogP contribution in [0, 0.1) is 0 Å². The van der Waals surface area contributed by atoms with Crippen LogP contribution < -0.4 is 11.5 Å². The van der Waals surface area contributed by atoms with Crippen molar-refractivity contribution in [2.45, 2.75) is 25.3 Å². The summed E-state index contributed by atoms with van der Waals surface area (Å²) < 4.78 is 7.37. The molecule has 0 bridgehead atoms. The highest BCUT2D eigenvalue weighted by Gasteiger charge is 2.33. The average Bonchev–Trinajstić information content (AvgIpc) is 2.66. The minimum atomic E-state index is -0.127. The van der Waals surface area contributed by atoms with Crippen LogP contribution in [0.5, 0.6) is 0 Å². The van der Waals surface area contributed by atoms with Gasteiger partial charge in [0.2, 0.25) is 11.9 Å². The largest absolute Gasteiger partial charge is 0.381 e. The molecular weight excluding hydrogens is 232 g/mol. The topological polar surface area (TPSA) is 105 Å². The third-order valence-electron chi connectivity index (χ3n) is 3.55. The Hall–Kier alpha value is -1.89. The third kappa shape index (κ3) is 1.59. The van der Waals surface area contributed by atoms with Gasteiger partial charge in [-0.05, 0) is 19.8 Å². The number of hydrogen-bond donors (Lipinski definition) is 2. The van der Waals surface area contributed by atoms with Crippen LogP contribution in [0.2, 0.25) is 0 Å². The number of aromatic nitrogens is 4. The molecule has 1 fully saturated rings. The Balaban J connectivity index is 2.20. The molecule has 0 unspecified atom stereocenters. The zero-order valence-electron chi connectivity index (χ0n) is 10.3. The van der Waals surface area contributed by atoms with Gasteiger partial charge in [0.25, 0.3) is 0 Å². The van der Waals surface area contributed by atoms with Gasteiger partial charge in [0.1, 0.15) is 5.52 Å². The van der Waals surface area contributed by atoms with Gasteiger partial charge in [0.05, 0.1) is 11.7 Å². The molecular formula is C11H16N6O. The maximum Gasteiger partial charge on any atom is 0.222 e. The van der Waals surface area contributed by atoms with Crippen LogP contribution in [0.4, 0.5) is 11.9 Å². The van der Waals surface area contributed by atoms with E-state index in [-0.39, 0.29) is 11.5 Å². The van der Waals surface area contributed by atoms with Crippen LogP contribution in [0.15, 0.2) is 6.20 Å². The van der Waals surface area contributed by atoms with E-state index in [1.165, 1.54) is 0 Å². The van der Waals surface area contributed by atoms with Crippen molar-refractivity contribution in [1.82, 2.24) is 19.5 Å². The Labute approximate surface area is 104 Å². The maximum absolute atomic E-state index is 6.02. The van der Waals surface area contributed by atoms with Gasteiger partial charge in [-0.1, -0.05) is 0 Å². The molecule has 7 nitrogen and oxygen atoms in total. The molecule has 2 aromatic heterocycles. The second kappa shape index (κ2) is 3.81. The van der Waals surface area contributed by atoms with E-state index in [1.54, 1.807) is 6.20 Å². The van der Waals surface area contributed by atoms with Crippen LogP contribution in [0.3, 0.4) is 0 Å². The summed E-state index contributed by atoms with van der Waals surface area (Å²) in [5, 5.41) is 0. The first kappa shape index (κ1) is 11.2. The smallest absolute Gasteiger partial charge is 0.222 e. The lowest BCUT2D eigenvalue weighted by molar-refractivity contribution is 0.0319. The molecule has 18 heavy (non-hydrogen) atoms. The van der Waals surface area contributed by atoms with E-state index < -0.39 is 0 Å². The van der Waals surface area contributed by atoms with Gasteiger partial charge in [-0.25, -0.2) is 9.97 Å². The van der Waals surface area contributed by atoms with Gasteiger partial charge >= 0.3 is 0 Å². The van der Waals surface area contributed by atoms with Gasteiger partial charge in [-0.15, -0.1) is 0 Å². The minimum Gasteiger partial charge on any atom is -0.381 e. The molecule has 4 N–H and O–H groups in total. The van der Waals surface area contributed by atoms with Gasteiger partial charge in [-0.2, -0.15) is 4.98 Å². The fraction of sp³-hybridized carbons (Fsp3) is 0.545. The summed E-state index contributed by atoms with van der Waals surface area (Å²) in [6, 6.07) is 0. The molecule has 3 heterocycles. The summed E-state index contributed by atoms with van der Waals surface area (Å²) in [4.78, 5) is 12.5. The van der Waals surface area contributed by atoms with Crippen LogP contribution in [-0.2, 0) is 10.3 Å². The van der Waals surface area contributed by atoms with Gasteiger partial charge in [0.15, 0.2) is 5.65 Å². The fourth-order valence-corrected chi connectivity index (χ4v) is 2.47. The number of hydrogen-bond acceptors (Lipinski definition) is 6. The lowest BCUT2D eigenvalue weighted by Crippen LogP contribution is -2.37. The maximum atomic E-state index is 6.02. The zero-order valence-corrected chi connectivity index (χ0v) is 10.3. The molecule has 2 aromatic rings. The number of fused-ring (bicyclic) bond motifs is 1. The fourth-order valence-electron chi connectivity index (χ4n) is 2.47. The highest BCUT2D eigenvalue weighted by Crippen LogP contribution is 2.33. The lowest BCUT2D eigenvalue weighted by atomic mass is 9.92. The average molecular weight is 248 g/mol. The summed E-state index contributed by atoms with van der Waals surface area (Å²) in [5.41, 5.74) is 12.9. The predicted molar refractivity (Wildman–Crippen MR) is 67.8 cm³/mol. The van der Waals surface area contributed by atoms with Crippen molar-refractivity contribution in [3.8, 4) is 0 Å². The van der Waals surface area contributed by atoms with Crippen molar-refractivity contribution in [3.05, 3.63) is 6.20 Å². The lowest BCUT2D eigenvalue weighted by Gasteiger charge is -2.35. The van der Waals surface area contributed by atoms with Gasteiger partial charge in [0, 0.05) is 13.2 Å². The van der Waals surface area contributed by atoms with Crippen molar-refractivity contribution in [3.63, 3.8) is 0 Å². The first-order chi connectivity index (χ1) is 8.60. The Morgan fingerprint density at radius 3 is 2.72 bits per heavy atom. The second-order valence-electron chi connectivity index (χ2n) is 4.85. The summed E-state index contributed by atoms with van der Waals surface area (Å²) >= 11 is 0. The molecule has 0 amide bonds. The molecule has 0 aliphatic carbocycles. The number of nitrogens with zero attached hydrogens (tertiary/aromatic N) is 4. The Kier molecular flexibility index (Phi) is 2.37. The molecule has 7 heteroatoms. The second-order valence-corrected chi connectivity index (χ2v) is 4.85. The normalized spacial score (nSPS) is 19.2. The van der Waals surface area contributed by atoms with E-state index in [0.717, 1.165) is 26.1 Å². The summed E-state index contributed by atoms with van der Waals surface area (Å²) in [6.45, 7) is 3.58. The van der Waals surface area contributed by atoms with Crippen LogP contribution in [-0.4, -0.2) is 32.7 Å². The van der Waals surface area contributed by atoms with E-state index in [2.05, 4.69) is 21.9 Å².